The SMILES string of the molecule is O=C(C[C@@H]1C=CCC1)N1CCO[C@H](c2ccc(F)c(F)c2)C1. The van der Waals surface area contributed by atoms with Crippen LogP contribution in [0.25, 0.3) is 0 Å². The fourth-order valence-electron chi connectivity index (χ4n) is 3.01. The van der Waals surface area contributed by atoms with Crippen LogP contribution in [0.2, 0.25) is 0 Å². The average Bonchev–Trinajstić information content (AvgIpc) is 3.03. The van der Waals surface area contributed by atoms with Crippen molar-refractivity contribution in [3.8, 4) is 0 Å². The largest absolute Gasteiger partial charge is 0.370 e. The van der Waals surface area contributed by atoms with Gasteiger partial charge in [-0.05, 0) is 36.5 Å². The molecule has 0 saturated carbocycles. The van der Waals surface area contributed by atoms with E-state index in [9.17, 15) is 13.6 Å². The smallest absolute Gasteiger partial charge is 0.223 e. The fraction of sp³-hybridized carbons (Fsp3) is 0.471. The summed E-state index contributed by atoms with van der Waals surface area (Å²) in [6.45, 7) is 1.35. The van der Waals surface area contributed by atoms with Crippen LogP contribution in [-0.4, -0.2) is 30.5 Å². The number of ether oxygens (including phenoxy) is 1. The second-order valence-corrected chi connectivity index (χ2v) is 5.84. The Hall–Kier alpha value is -1.75. The van der Waals surface area contributed by atoms with Crippen molar-refractivity contribution < 1.29 is 18.3 Å². The molecule has 1 saturated heterocycles. The molecule has 1 heterocycles. The molecule has 0 radical (unpaired) electrons. The van der Waals surface area contributed by atoms with Gasteiger partial charge in [-0.2, -0.15) is 0 Å². The lowest BCUT2D eigenvalue weighted by molar-refractivity contribution is -0.139. The van der Waals surface area contributed by atoms with Crippen LogP contribution in [0.4, 0.5) is 8.78 Å². The van der Waals surface area contributed by atoms with E-state index in [1.54, 1.807) is 4.90 Å². The number of morpholine rings is 1. The quantitative estimate of drug-likeness (QED) is 0.803. The summed E-state index contributed by atoms with van der Waals surface area (Å²) in [6, 6.07) is 3.75. The second kappa shape index (κ2) is 6.57. The normalized spacial score (nSPS) is 24.7. The summed E-state index contributed by atoms with van der Waals surface area (Å²) in [5.74, 6) is -1.33. The van der Waals surface area contributed by atoms with E-state index in [-0.39, 0.29) is 5.91 Å². The summed E-state index contributed by atoms with van der Waals surface area (Å²) in [6.07, 6.45) is 6.40. The van der Waals surface area contributed by atoms with Gasteiger partial charge in [0.05, 0.1) is 13.2 Å². The number of benzene rings is 1. The minimum atomic E-state index is -0.888. The Kier molecular flexibility index (Phi) is 4.52. The Balaban J connectivity index is 1.64. The van der Waals surface area contributed by atoms with Crippen LogP contribution in [-0.2, 0) is 9.53 Å². The minimum Gasteiger partial charge on any atom is -0.370 e. The zero-order valence-electron chi connectivity index (χ0n) is 12.3. The predicted molar refractivity (Wildman–Crippen MR) is 78.1 cm³/mol. The third-order valence-corrected chi connectivity index (χ3v) is 4.28. The minimum absolute atomic E-state index is 0.104. The summed E-state index contributed by atoms with van der Waals surface area (Å²) in [5.41, 5.74) is 0.567. The molecule has 3 nitrogen and oxygen atoms in total. The van der Waals surface area contributed by atoms with Crippen molar-refractivity contribution in [2.75, 3.05) is 19.7 Å². The van der Waals surface area contributed by atoms with Gasteiger partial charge in [-0.1, -0.05) is 18.2 Å². The van der Waals surface area contributed by atoms with Crippen molar-refractivity contribution in [2.45, 2.75) is 25.4 Å². The van der Waals surface area contributed by atoms with Crippen molar-refractivity contribution in [1.29, 1.82) is 0 Å². The third-order valence-electron chi connectivity index (χ3n) is 4.28. The molecular formula is C17H19F2NO2. The number of rotatable bonds is 3. The molecule has 1 amide bonds. The molecule has 22 heavy (non-hydrogen) atoms. The zero-order valence-corrected chi connectivity index (χ0v) is 12.3. The van der Waals surface area contributed by atoms with Crippen LogP contribution >= 0.6 is 0 Å². The fourth-order valence-corrected chi connectivity index (χ4v) is 3.01. The summed E-state index contributed by atoms with van der Waals surface area (Å²) >= 11 is 0. The number of amides is 1. The van der Waals surface area contributed by atoms with E-state index < -0.39 is 17.7 Å². The maximum atomic E-state index is 13.3. The molecule has 1 aliphatic carbocycles. The molecule has 0 bridgehead atoms. The molecule has 0 spiro atoms. The zero-order chi connectivity index (χ0) is 15.5. The Bertz CT molecular complexity index is 588. The Morgan fingerprint density at radius 3 is 2.91 bits per heavy atom. The highest BCUT2D eigenvalue weighted by Crippen LogP contribution is 2.26. The molecule has 3 rings (SSSR count). The first-order valence-corrected chi connectivity index (χ1v) is 7.64. The summed E-state index contributed by atoms with van der Waals surface area (Å²) in [5, 5.41) is 0. The number of hydrogen-bond donors (Lipinski definition) is 0. The van der Waals surface area contributed by atoms with Crippen LogP contribution in [0.3, 0.4) is 0 Å². The molecule has 2 aliphatic rings. The van der Waals surface area contributed by atoms with E-state index in [2.05, 4.69) is 12.2 Å². The average molecular weight is 307 g/mol. The lowest BCUT2D eigenvalue weighted by Crippen LogP contribution is -2.42. The maximum Gasteiger partial charge on any atom is 0.223 e. The van der Waals surface area contributed by atoms with Crippen molar-refractivity contribution in [2.24, 2.45) is 5.92 Å². The van der Waals surface area contributed by atoms with Crippen LogP contribution < -0.4 is 0 Å². The van der Waals surface area contributed by atoms with Crippen molar-refractivity contribution in [1.82, 2.24) is 4.90 Å². The molecule has 118 valence electrons. The number of carbonyl (C=O) groups is 1. The van der Waals surface area contributed by atoms with Crippen molar-refractivity contribution in [3.63, 3.8) is 0 Å². The van der Waals surface area contributed by atoms with Gasteiger partial charge in [0.2, 0.25) is 5.91 Å². The van der Waals surface area contributed by atoms with Gasteiger partial charge >= 0.3 is 0 Å². The molecule has 1 aliphatic heterocycles. The highest BCUT2D eigenvalue weighted by molar-refractivity contribution is 5.77. The van der Waals surface area contributed by atoms with E-state index in [0.29, 0.717) is 37.6 Å². The van der Waals surface area contributed by atoms with Gasteiger partial charge in [0.1, 0.15) is 6.10 Å². The number of halogens is 2. The van der Waals surface area contributed by atoms with Gasteiger partial charge in [0.15, 0.2) is 11.6 Å². The van der Waals surface area contributed by atoms with Crippen LogP contribution in [0, 0.1) is 17.6 Å². The molecule has 1 aromatic carbocycles. The van der Waals surface area contributed by atoms with Gasteiger partial charge in [-0.15, -0.1) is 0 Å². The standard InChI is InChI=1S/C17H19F2NO2/c18-14-6-5-13(10-15(14)19)16-11-20(7-8-22-16)17(21)9-12-3-1-2-4-12/h1,3,5-6,10,12,16H,2,4,7-9,11H2/t12-,16+/m1/s1. The Morgan fingerprint density at radius 2 is 2.18 bits per heavy atom. The number of allylic oxidation sites excluding steroid dienone is 2. The lowest BCUT2D eigenvalue weighted by atomic mass is 10.0. The Labute approximate surface area is 128 Å². The summed E-state index contributed by atoms with van der Waals surface area (Å²) in [4.78, 5) is 14.1. The first kappa shape index (κ1) is 15.2. The second-order valence-electron chi connectivity index (χ2n) is 5.84. The number of carbonyl (C=O) groups excluding carboxylic acids is 1. The topological polar surface area (TPSA) is 29.5 Å². The number of hydrogen-bond acceptors (Lipinski definition) is 2. The van der Waals surface area contributed by atoms with Crippen LogP contribution in [0.15, 0.2) is 30.4 Å². The molecule has 0 aromatic heterocycles. The molecule has 1 aromatic rings. The first-order chi connectivity index (χ1) is 10.6. The van der Waals surface area contributed by atoms with Crippen molar-refractivity contribution >= 4 is 5.91 Å². The summed E-state index contributed by atoms with van der Waals surface area (Å²) in [7, 11) is 0. The summed E-state index contributed by atoms with van der Waals surface area (Å²) < 4.78 is 32.0. The molecule has 0 unspecified atom stereocenters. The molecule has 1 fully saturated rings. The number of nitrogens with zero attached hydrogens (tertiary/aromatic N) is 1. The van der Waals surface area contributed by atoms with Gasteiger partial charge in [0.25, 0.3) is 0 Å². The van der Waals surface area contributed by atoms with Gasteiger partial charge in [0, 0.05) is 13.0 Å². The van der Waals surface area contributed by atoms with Crippen LogP contribution in [0.5, 0.6) is 0 Å². The van der Waals surface area contributed by atoms with Crippen molar-refractivity contribution in [3.05, 3.63) is 47.5 Å². The van der Waals surface area contributed by atoms with Gasteiger partial charge in [-0.3, -0.25) is 4.79 Å². The molecule has 0 N–H and O–H groups in total. The van der Waals surface area contributed by atoms with E-state index in [1.165, 1.54) is 6.07 Å². The van der Waals surface area contributed by atoms with Gasteiger partial charge < -0.3 is 9.64 Å². The first-order valence-electron chi connectivity index (χ1n) is 7.64. The highest BCUT2D eigenvalue weighted by atomic mass is 19.2. The molecular weight excluding hydrogens is 288 g/mol. The van der Waals surface area contributed by atoms with E-state index in [0.717, 1.165) is 25.0 Å². The monoisotopic (exact) mass is 307 g/mol. The molecule has 2 atom stereocenters. The Morgan fingerprint density at radius 1 is 1.32 bits per heavy atom. The lowest BCUT2D eigenvalue weighted by Gasteiger charge is -2.33. The predicted octanol–water partition coefficient (Wildman–Crippen LogP) is 3.22. The maximum absolute atomic E-state index is 13.3. The van der Waals surface area contributed by atoms with Gasteiger partial charge in [-0.25, -0.2) is 8.78 Å². The van der Waals surface area contributed by atoms with E-state index in [1.807, 2.05) is 0 Å². The molecule has 5 heteroatoms. The van der Waals surface area contributed by atoms with Crippen LogP contribution in [0.1, 0.15) is 30.9 Å². The third kappa shape index (κ3) is 3.35. The van der Waals surface area contributed by atoms with E-state index >= 15 is 0 Å². The van der Waals surface area contributed by atoms with E-state index in [4.69, 9.17) is 4.74 Å². The highest BCUT2D eigenvalue weighted by Gasteiger charge is 2.27.